The maximum atomic E-state index is 10.4. The first kappa shape index (κ1) is 19.2. The van der Waals surface area contributed by atoms with Gasteiger partial charge in [0.05, 0.1) is 16.1 Å². The number of allylic oxidation sites excluding steroid dienone is 3. The fraction of sp³-hybridized carbons (Fsp3) is 0.800. The average molecular weight is 351 g/mol. The van der Waals surface area contributed by atoms with Gasteiger partial charge < -0.3 is 5.11 Å². The Hall–Kier alpha value is -0.126. The maximum Gasteiger partial charge on any atom is 0.0733 e. The van der Waals surface area contributed by atoms with Crippen LogP contribution in [-0.4, -0.2) is 27.9 Å². The summed E-state index contributed by atoms with van der Waals surface area (Å²) in [5.74, 6) is 1.04. The van der Waals surface area contributed by atoms with Gasteiger partial charge in [0.25, 0.3) is 0 Å². The maximum absolute atomic E-state index is 10.4. The van der Waals surface area contributed by atoms with Gasteiger partial charge in [0.1, 0.15) is 0 Å². The van der Waals surface area contributed by atoms with Gasteiger partial charge in [-0.1, -0.05) is 63.0 Å². The highest BCUT2D eigenvalue weighted by atomic mass is 28.3. The van der Waals surface area contributed by atoms with Crippen LogP contribution in [0.4, 0.5) is 0 Å². The van der Waals surface area contributed by atoms with Crippen molar-refractivity contribution >= 4 is 16.1 Å². The Morgan fingerprint density at radius 3 is 1.61 bits per heavy atom. The lowest BCUT2D eigenvalue weighted by molar-refractivity contribution is 0.210. The molecule has 2 aliphatic rings. The van der Waals surface area contributed by atoms with Crippen LogP contribution in [0, 0.1) is 11.8 Å². The van der Waals surface area contributed by atoms with Gasteiger partial charge in [0, 0.05) is 12.5 Å². The van der Waals surface area contributed by atoms with Crippen molar-refractivity contribution in [1.82, 2.24) is 0 Å². The van der Waals surface area contributed by atoms with Gasteiger partial charge in [-0.25, -0.2) is 0 Å². The molecule has 0 aromatic heterocycles. The highest BCUT2D eigenvalue weighted by Crippen LogP contribution is 2.51. The number of hydrogen-bond acceptors (Lipinski definition) is 1. The van der Waals surface area contributed by atoms with E-state index in [0.717, 1.165) is 0 Å². The second-order valence-corrected chi connectivity index (χ2v) is 19.8. The van der Waals surface area contributed by atoms with Crippen molar-refractivity contribution in [2.75, 3.05) is 6.61 Å². The van der Waals surface area contributed by atoms with E-state index in [1.165, 1.54) is 38.5 Å². The molecule has 0 amide bonds. The molecule has 1 fully saturated rings. The predicted octanol–water partition coefficient (Wildman–Crippen LogP) is 5.95. The Balaban J connectivity index is 2.73. The van der Waals surface area contributed by atoms with E-state index in [4.69, 9.17) is 0 Å². The molecule has 0 unspecified atom stereocenters. The van der Waals surface area contributed by atoms with Crippen LogP contribution < -0.4 is 0 Å². The summed E-state index contributed by atoms with van der Waals surface area (Å²) in [6.45, 7) is 17.7. The normalized spacial score (nSPS) is 26.6. The minimum absolute atomic E-state index is 0.356. The number of fused-ring (bicyclic) bond motifs is 1. The van der Waals surface area contributed by atoms with Crippen molar-refractivity contribution in [3.8, 4) is 0 Å². The molecule has 0 radical (unpaired) electrons. The minimum atomic E-state index is -1.41. The van der Waals surface area contributed by atoms with E-state index < -0.39 is 16.1 Å². The van der Waals surface area contributed by atoms with Gasteiger partial charge in [-0.2, -0.15) is 0 Å². The highest BCUT2D eigenvalue weighted by Gasteiger charge is 2.44. The third-order valence-electron chi connectivity index (χ3n) is 5.76. The van der Waals surface area contributed by atoms with Crippen molar-refractivity contribution in [3.63, 3.8) is 0 Å². The molecule has 0 bridgehead atoms. The van der Waals surface area contributed by atoms with Crippen LogP contribution >= 0.6 is 0 Å². The Morgan fingerprint density at radius 1 is 0.826 bits per heavy atom. The van der Waals surface area contributed by atoms with Crippen molar-refractivity contribution in [2.45, 2.75) is 84.7 Å². The number of rotatable bonds is 5. The lowest BCUT2D eigenvalue weighted by Gasteiger charge is -2.47. The fourth-order valence-corrected chi connectivity index (χ4v) is 10.5. The zero-order chi connectivity index (χ0) is 17.4. The number of aliphatic hydroxyl groups excluding tert-OH is 1. The second kappa shape index (κ2) is 7.01. The van der Waals surface area contributed by atoms with Crippen molar-refractivity contribution in [1.29, 1.82) is 0 Å². The SMILES string of the molecule is CCC[C@@H]1C([Si](C)(C)C)=C2CCCCC2=C([Si](C)(C)C)[C@@H]1CO. The fourth-order valence-electron chi connectivity index (χ4n) is 5.24. The molecule has 0 heterocycles. The Morgan fingerprint density at radius 2 is 1.26 bits per heavy atom. The van der Waals surface area contributed by atoms with Crippen LogP contribution in [0.5, 0.6) is 0 Å². The highest BCUT2D eigenvalue weighted by molar-refractivity contribution is 6.84. The summed E-state index contributed by atoms with van der Waals surface area (Å²) in [5, 5.41) is 13.9. The van der Waals surface area contributed by atoms with Crippen molar-refractivity contribution in [2.24, 2.45) is 11.8 Å². The first-order valence-electron chi connectivity index (χ1n) is 9.71. The average Bonchev–Trinajstić information content (AvgIpc) is 2.43. The molecule has 2 rings (SSSR count). The summed E-state index contributed by atoms with van der Waals surface area (Å²) in [7, 11) is -2.77. The van der Waals surface area contributed by atoms with E-state index >= 15 is 0 Å². The topological polar surface area (TPSA) is 20.2 Å². The van der Waals surface area contributed by atoms with Crippen LogP contribution in [0.2, 0.25) is 39.3 Å². The van der Waals surface area contributed by atoms with Crippen molar-refractivity contribution in [3.05, 3.63) is 21.5 Å². The zero-order valence-electron chi connectivity index (χ0n) is 16.6. The van der Waals surface area contributed by atoms with Crippen LogP contribution in [0.1, 0.15) is 45.4 Å². The van der Waals surface area contributed by atoms with Crippen molar-refractivity contribution < 1.29 is 5.11 Å². The summed E-state index contributed by atoms with van der Waals surface area (Å²) in [6, 6.07) is 0. The molecule has 0 saturated heterocycles. The Bertz CT molecular complexity index is 503. The second-order valence-electron chi connectivity index (χ2n) is 9.68. The zero-order valence-corrected chi connectivity index (χ0v) is 18.6. The van der Waals surface area contributed by atoms with E-state index in [1.807, 2.05) is 5.20 Å². The molecule has 0 spiro atoms. The third-order valence-corrected chi connectivity index (χ3v) is 10.3. The molecule has 0 aliphatic heterocycles. The van der Waals surface area contributed by atoms with Crippen LogP contribution in [-0.2, 0) is 0 Å². The van der Waals surface area contributed by atoms with Gasteiger partial charge in [-0.15, -0.1) is 0 Å². The standard InChI is InChI=1S/C20H38OSi2/c1-8-11-15-18(14-21)20(23(5,6)7)17-13-10-9-12-16(17)19(15)22(2,3)4/h15,18,21H,8-14H2,1-7H3/t15-,18+/m0/s1. The Kier molecular flexibility index (Phi) is 5.85. The smallest absolute Gasteiger partial charge is 0.0733 e. The first-order valence-corrected chi connectivity index (χ1v) is 16.7. The molecule has 1 nitrogen and oxygen atoms in total. The van der Waals surface area contributed by atoms with E-state index in [1.54, 1.807) is 16.3 Å². The molecular weight excluding hydrogens is 312 g/mol. The number of aliphatic hydroxyl groups is 1. The minimum Gasteiger partial charge on any atom is -0.396 e. The molecule has 2 atom stereocenters. The molecule has 2 aliphatic carbocycles. The van der Waals surface area contributed by atoms with Gasteiger partial charge in [-0.3, -0.25) is 0 Å². The summed E-state index contributed by atoms with van der Waals surface area (Å²) >= 11 is 0. The molecule has 23 heavy (non-hydrogen) atoms. The van der Waals surface area contributed by atoms with Crippen LogP contribution in [0.25, 0.3) is 0 Å². The summed E-state index contributed by atoms with van der Waals surface area (Å²) < 4.78 is 0. The molecule has 1 N–H and O–H groups in total. The predicted molar refractivity (Wildman–Crippen MR) is 108 cm³/mol. The van der Waals surface area contributed by atoms with E-state index in [2.05, 4.69) is 46.2 Å². The largest absolute Gasteiger partial charge is 0.396 e. The first-order chi connectivity index (χ1) is 10.6. The molecule has 0 aromatic rings. The van der Waals surface area contributed by atoms with Gasteiger partial charge >= 0.3 is 0 Å². The summed E-state index contributed by atoms with van der Waals surface area (Å²) in [5.41, 5.74) is 3.50. The summed E-state index contributed by atoms with van der Waals surface area (Å²) in [4.78, 5) is 0. The third kappa shape index (κ3) is 3.77. The van der Waals surface area contributed by atoms with E-state index in [-0.39, 0.29) is 0 Å². The molecule has 132 valence electrons. The molecule has 1 saturated carbocycles. The van der Waals surface area contributed by atoms with E-state index in [9.17, 15) is 5.11 Å². The van der Waals surface area contributed by atoms with E-state index in [0.29, 0.717) is 18.4 Å². The lowest BCUT2D eigenvalue weighted by Crippen LogP contribution is -2.44. The van der Waals surface area contributed by atoms with Gasteiger partial charge in [0.15, 0.2) is 0 Å². The molecular formula is C20H38OSi2. The van der Waals surface area contributed by atoms with Crippen LogP contribution in [0.3, 0.4) is 0 Å². The summed E-state index contributed by atoms with van der Waals surface area (Å²) in [6.07, 6.45) is 7.79. The van der Waals surface area contributed by atoms with Gasteiger partial charge in [0.2, 0.25) is 0 Å². The Labute approximate surface area is 146 Å². The molecule has 3 heteroatoms. The van der Waals surface area contributed by atoms with Crippen LogP contribution in [0.15, 0.2) is 21.5 Å². The quantitative estimate of drug-likeness (QED) is 0.608. The lowest BCUT2D eigenvalue weighted by atomic mass is 9.75. The number of hydrogen-bond donors (Lipinski definition) is 1. The monoisotopic (exact) mass is 350 g/mol. The molecule has 0 aromatic carbocycles. The van der Waals surface area contributed by atoms with Gasteiger partial charge in [-0.05, 0) is 49.2 Å².